The van der Waals surface area contributed by atoms with Gasteiger partial charge in [0.2, 0.25) is 0 Å². The summed E-state index contributed by atoms with van der Waals surface area (Å²) >= 11 is 5.05. The van der Waals surface area contributed by atoms with E-state index in [2.05, 4.69) is 20.8 Å². The minimum Gasteiger partial charge on any atom is -0.505 e. The van der Waals surface area contributed by atoms with Gasteiger partial charge in [0, 0.05) is 23.0 Å². The Morgan fingerprint density at radius 1 is 1.39 bits per heavy atom. The second-order valence-corrected chi connectivity index (χ2v) is 5.03. The normalized spacial score (nSPS) is 10.7. The molecule has 120 valence electrons. The van der Waals surface area contributed by atoms with Gasteiger partial charge < -0.3 is 15.5 Å². The van der Waals surface area contributed by atoms with E-state index in [0.717, 1.165) is 0 Å². The highest BCUT2D eigenvalue weighted by molar-refractivity contribution is 7.80. The van der Waals surface area contributed by atoms with E-state index >= 15 is 0 Å². The number of hydrogen-bond acceptors (Lipinski definition) is 5. The van der Waals surface area contributed by atoms with Gasteiger partial charge in [-0.25, -0.2) is 4.39 Å². The monoisotopic (exact) mass is 334 g/mol. The van der Waals surface area contributed by atoms with Gasteiger partial charge in [0.25, 0.3) is 0 Å². The maximum absolute atomic E-state index is 12.8. The molecule has 0 atom stereocenters. The Labute approximate surface area is 137 Å². The minimum absolute atomic E-state index is 0.0560. The van der Waals surface area contributed by atoms with E-state index in [1.807, 2.05) is 0 Å². The quantitative estimate of drug-likeness (QED) is 0.389. The van der Waals surface area contributed by atoms with Gasteiger partial charge in [-0.3, -0.25) is 10.4 Å². The Morgan fingerprint density at radius 3 is 2.74 bits per heavy atom. The summed E-state index contributed by atoms with van der Waals surface area (Å²) in [7, 11) is 0. The molecule has 0 aliphatic heterocycles. The molecule has 2 rings (SSSR count). The summed E-state index contributed by atoms with van der Waals surface area (Å²) in [6, 6.07) is 5.68. The van der Waals surface area contributed by atoms with Gasteiger partial charge >= 0.3 is 0 Å². The van der Waals surface area contributed by atoms with E-state index in [4.69, 9.17) is 12.2 Å². The Kier molecular flexibility index (Phi) is 5.56. The van der Waals surface area contributed by atoms with Crippen molar-refractivity contribution < 1.29 is 14.6 Å². The molecule has 0 spiro atoms. The van der Waals surface area contributed by atoms with Crippen LogP contribution in [-0.4, -0.2) is 26.5 Å². The molecule has 4 N–H and O–H groups in total. The third-order valence-corrected chi connectivity index (χ3v) is 3.18. The smallest absolute Gasteiger partial charge is 0.191 e. The van der Waals surface area contributed by atoms with Crippen LogP contribution in [0, 0.1) is 12.7 Å². The summed E-state index contributed by atoms with van der Waals surface area (Å²) in [5, 5.41) is 26.2. The second-order valence-electron chi connectivity index (χ2n) is 4.62. The molecular formula is C15H15FN4O2S. The van der Waals surface area contributed by atoms with Crippen LogP contribution in [0.4, 0.5) is 10.1 Å². The lowest BCUT2D eigenvalue weighted by Gasteiger charge is -2.08. The van der Waals surface area contributed by atoms with Crippen LogP contribution in [0.1, 0.15) is 16.8 Å². The van der Waals surface area contributed by atoms with Crippen LogP contribution in [0.2, 0.25) is 0 Å². The highest BCUT2D eigenvalue weighted by Crippen LogP contribution is 2.21. The van der Waals surface area contributed by atoms with Crippen molar-refractivity contribution in [1.29, 1.82) is 0 Å². The van der Waals surface area contributed by atoms with E-state index in [1.54, 1.807) is 6.92 Å². The van der Waals surface area contributed by atoms with Crippen LogP contribution in [0.25, 0.3) is 0 Å². The molecule has 0 aliphatic rings. The van der Waals surface area contributed by atoms with Crippen molar-refractivity contribution in [2.75, 3.05) is 5.32 Å². The van der Waals surface area contributed by atoms with E-state index in [-0.39, 0.29) is 23.3 Å². The van der Waals surface area contributed by atoms with Gasteiger partial charge in [-0.2, -0.15) is 5.10 Å². The number of nitrogens with zero attached hydrogens (tertiary/aromatic N) is 2. The molecule has 1 aromatic carbocycles. The molecule has 0 amide bonds. The summed E-state index contributed by atoms with van der Waals surface area (Å²) in [4.78, 5) is 3.96. The van der Waals surface area contributed by atoms with Crippen molar-refractivity contribution in [3.8, 4) is 5.75 Å². The molecular weight excluding hydrogens is 319 g/mol. The van der Waals surface area contributed by atoms with Gasteiger partial charge in [0.05, 0.1) is 18.5 Å². The molecule has 0 saturated heterocycles. The number of aliphatic hydroxyl groups is 1. The number of pyridine rings is 1. The summed E-state index contributed by atoms with van der Waals surface area (Å²) < 4.78 is 12.8. The number of halogens is 1. The topological polar surface area (TPSA) is 89.8 Å². The standard InChI is InChI=1S/C15H15FN4O2S/c1-9-14(22)13(10(8-21)6-17-9)7-18-20-15(23)19-12-4-2-11(16)3-5-12/h2-7,21-22H,8H2,1H3,(H2,19,20,23)/b18-7+. The summed E-state index contributed by atoms with van der Waals surface area (Å²) in [6.45, 7) is 1.36. The molecule has 0 aliphatic carbocycles. The van der Waals surface area contributed by atoms with Crippen LogP contribution in [0.3, 0.4) is 0 Å². The van der Waals surface area contributed by atoms with E-state index < -0.39 is 0 Å². The number of aryl methyl sites for hydroxylation is 1. The molecule has 0 radical (unpaired) electrons. The number of hydrogen-bond donors (Lipinski definition) is 4. The predicted molar refractivity (Wildman–Crippen MR) is 89.9 cm³/mol. The number of nitrogens with one attached hydrogen (secondary N) is 2. The van der Waals surface area contributed by atoms with Crippen molar-refractivity contribution in [2.24, 2.45) is 5.10 Å². The number of anilines is 1. The second kappa shape index (κ2) is 7.61. The Morgan fingerprint density at radius 2 is 2.09 bits per heavy atom. The van der Waals surface area contributed by atoms with Crippen molar-refractivity contribution in [3.05, 3.63) is 53.1 Å². The number of benzene rings is 1. The van der Waals surface area contributed by atoms with Crippen LogP contribution in [-0.2, 0) is 6.61 Å². The molecule has 2 aromatic rings. The zero-order valence-corrected chi connectivity index (χ0v) is 13.1. The molecule has 6 nitrogen and oxygen atoms in total. The van der Waals surface area contributed by atoms with E-state index in [0.29, 0.717) is 22.5 Å². The van der Waals surface area contributed by atoms with Gasteiger partial charge in [0.15, 0.2) is 5.11 Å². The minimum atomic E-state index is -0.340. The molecule has 0 unspecified atom stereocenters. The summed E-state index contributed by atoms with van der Waals surface area (Å²) in [5.41, 5.74) is 4.41. The van der Waals surface area contributed by atoms with Gasteiger partial charge in [-0.1, -0.05) is 0 Å². The molecule has 1 aromatic heterocycles. The molecule has 0 saturated carbocycles. The number of hydrazone groups is 1. The van der Waals surface area contributed by atoms with Gasteiger partial charge in [0.1, 0.15) is 11.6 Å². The molecule has 23 heavy (non-hydrogen) atoms. The first-order valence-electron chi connectivity index (χ1n) is 6.65. The first-order valence-corrected chi connectivity index (χ1v) is 7.06. The van der Waals surface area contributed by atoms with E-state index in [9.17, 15) is 14.6 Å². The fourth-order valence-electron chi connectivity index (χ4n) is 1.77. The largest absolute Gasteiger partial charge is 0.505 e. The SMILES string of the molecule is Cc1ncc(CO)c(/C=N/NC(=S)Nc2ccc(F)cc2)c1O. The fourth-order valence-corrected chi connectivity index (χ4v) is 1.94. The summed E-state index contributed by atoms with van der Waals surface area (Å²) in [6.07, 6.45) is 2.81. The highest BCUT2D eigenvalue weighted by atomic mass is 32.1. The van der Waals surface area contributed by atoms with Crippen molar-refractivity contribution in [1.82, 2.24) is 10.4 Å². The number of aliphatic hydroxyl groups excluding tert-OH is 1. The third-order valence-electron chi connectivity index (χ3n) is 2.99. The Hall–Kier alpha value is -2.58. The first-order chi connectivity index (χ1) is 11.0. The third kappa shape index (κ3) is 4.44. The van der Waals surface area contributed by atoms with Crippen LogP contribution < -0.4 is 10.7 Å². The summed E-state index contributed by atoms with van der Waals surface area (Å²) in [5.74, 6) is -0.396. The molecule has 1 heterocycles. The van der Waals surface area contributed by atoms with Crippen LogP contribution in [0.5, 0.6) is 5.75 Å². The first kappa shape index (κ1) is 16.8. The number of aromatic nitrogens is 1. The van der Waals surface area contributed by atoms with Crippen molar-refractivity contribution in [2.45, 2.75) is 13.5 Å². The van der Waals surface area contributed by atoms with Crippen LogP contribution >= 0.6 is 12.2 Å². The predicted octanol–water partition coefficient (Wildman–Crippen LogP) is 2.05. The number of thiocarbonyl (C=S) groups is 1. The van der Waals surface area contributed by atoms with Crippen molar-refractivity contribution in [3.63, 3.8) is 0 Å². The van der Waals surface area contributed by atoms with Crippen molar-refractivity contribution >= 4 is 29.2 Å². The molecule has 0 fully saturated rings. The zero-order valence-electron chi connectivity index (χ0n) is 12.2. The highest BCUT2D eigenvalue weighted by Gasteiger charge is 2.09. The lowest BCUT2D eigenvalue weighted by Crippen LogP contribution is -2.23. The number of aromatic hydroxyl groups is 1. The average Bonchev–Trinajstić information content (AvgIpc) is 2.54. The maximum Gasteiger partial charge on any atom is 0.191 e. The molecule has 8 heteroatoms. The zero-order chi connectivity index (χ0) is 16.8. The van der Waals surface area contributed by atoms with E-state index in [1.165, 1.54) is 36.7 Å². The van der Waals surface area contributed by atoms with Gasteiger partial charge in [-0.15, -0.1) is 0 Å². The fraction of sp³-hybridized carbons (Fsp3) is 0.133. The Balaban J connectivity index is 2.03. The van der Waals surface area contributed by atoms with Crippen LogP contribution in [0.15, 0.2) is 35.6 Å². The van der Waals surface area contributed by atoms with Gasteiger partial charge in [-0.05, 0) is 43.4 Å². The maximum atomic E-state index is 12.8. The molecule has 0 bridgehead atoms. The Bertz CT molecular complexity index is 735. The lowest BCUT2D eigenvalue weighted by atomic mass is 10.1. The average molecular weight is 334 g/mol. The number of rotatable bonds is 4. The lowest BCUT2D eigenvalue weighted by molar-refractivity contribution is 0.280.